The highest BCUT2D eigenvalue weighted by Gasteiger charge is 2.05. The molecule has 2 rings (SSSR count). The third kappa shape index (κ3) is 1.37. The summed E-state index contributed by atoms with van der Waals surface area (Å²) in [6.45, 7) is 5.15. The summed E-state index contributed by atoms with van der Waals surface area (Å²) in [5.74, 6) is 0. The van der Waals surface area contributed by atoms with Crippen molar-refractivity contribution in [3.05, 3.63) is 28.5 Å². The van der Waals surface area contributed by atoms with E-state index < -0.39 is 0 Å². The first-order valence-corrected chi connectivity index (χ1v) is 5.12. The van der Waals surface area contributed by atoms with E-state index in [9.17, 15) is 0 Å². The van der Waals surface area contributed by atoms with Gasteiger partial charge in [-0.15, -0.1) is 0 Å². The van der Waals surface area contributed by atoms with Gasteiger partial charge in [-0.05, 0) is 47.5 Å². The van der Waals surface area contributed by atoms with Gasteiger partial charge in [-0.3, -0.25) is 0 Å². The third-order valence-corrected chi connectivity index (χ3v) is 2.76. The summed E-state index contributed by atoms with van der Waals surface area (Å²) in [7, 11) is 0. The molecule has 1 aromatic heterocycles. The van der Waals surface area contributed by atoms with Gasteiger partial charge in [-0.2, -0.15) is 0 Å². The molecule has 0 aliphatic rings. The van der Waals surface area contributed by atoms with Gasteiger partial charge in [0.1, 0.15) is 0 Å². The summed E-state index contributed by atoms with van der Waals surface area (Å²) in [4.78, 5) is 4.34. The Morgan fingerprint density at radius 1 is 1.46 bits per heavy atom. The van der Waals surface area contributed by atoms with E-state index in [0.717, 1.165) is 16.5 Å². The smallest absolute Gasteiger partial charge is 0.0958 e. The van der Waals surface area contributed by atoms with Crippen LogP contribution in [0.4, 0.5) is 0 Å². The van der Waals surface area contributed by atoms with Crippen molar-refractivity contribution in [3.8, 4) is 0 Å². The number of fused-ring (bicyclic) bond motifs is 1. The summed E-state index contributed by atoms with van der Waals surface area (Å²) in [6, 6.07) is 4.22. The quantitative estimate of drug-likeness (QED) is 0.747. The predicted octanol–water partition coefficient (Wildman–Crippen LogP) is 3.13. The molecule has 3 heteroatoms. The maximum Gasteiger partial charge on any atom is 0.0958 e. The van der Waals surface area contributed by atoms with Crippen LogP contribution in [0.15, 0.2) is 22.9 Å². The number of hydrogen-bond donors (Lipinski definition) is 0. The Hall–Kier alpha value is -0.830. The minimum Gasteiger partial charge on any atom is -0.330 e. The lowest BCUT2D eigenvalue weighted by Gasteiger charge is -2.02. The fourth-order valence-electron chi connectivity index (χ4n) is 1.53. The number of aromatic nitrogens is 2. The fourth-order valence-corrected chi connectivity index (χ4v) is 2.32. The lowest BCUT2D eigenvalue weighted by molar-refractivity contribution is 0.786. The van der Waals surface area contributed by atoms with Gasteiger partial charge in [0.15, 0.2) is 0 Å². The molecule has 0 saturated carbocycles. The van der Waals surface area contributed by atoms with E-state index >= 15 is 0 Å². The van der Waals surface area contributed by atoms with Crippen LogP contribution in [-0.2, 0) is 6.54 Å². The van der Waals surface area contributed by atoms with Crippen molar-refractivity contribution in [2.45, 2.75) is 20.4 Å². The van der Waals surface area contributed by atoms with Crippen LogP contribution in [0.2, 0.25) is 0 Å². The molecule has 0 atom stereocenters. The van der Waals surface area contributed by atoms with E-state index in [1.54, 1.807) is 0 Å². The van der Waals surface area contributed by atoms with E-state index in [4.69, 9.17) is 0 Å². The molecule has 1 heterocycles. The second-order valence-corrected chi connectivity index (χ2v) is 4.00. The van der Waals surface area contributed by atoms with Crippen molar-refractivity contribution in [2.24, 2.45) is 0 Å². The van der Waals surface area contributed by atoms with Crippen LogP contribution in [0.25, 0.3) is 11.0 Å². The predicted molar refractivity (Wildman–Crippen MR) is 57.8 cm³/mol. The Kier molecular flexibility index (Phi) is 2.12. The molecule has 0 saturated heterocycles. The first-order chi connectivity index (χ1) is 6.22. The summed E-state index contributed by atoms with van der Waals surface area (Å²) in [5.41, 5.74) is 3.49. The van der Waals surface area contributed by atoms with Crippen molar-refractivity contribution in [1.29, 1.82) is 0 Å². The highest BCUT2D eigenvalue weighted by Crippen LogP contribution is 2.24. The van der Waals surface area contributed by atoms with E-state index in [2.05, 4.69) is 51.5 Å². The molecule has 0 fully saturated rings. The Bertz CT molecular complexity index is 445. The van der Waals surface area contributed by atoms with E-state index in [1.165, 1.54) is 11.1 Å². The molecule has 13 heavy (non-hydrogen) atoms. The molecule has 68 valence electrons. The molecule has 0 bridgehead atoms. The van der Waals surface area contributed by atoms with Gasteiger partial charge < -0.3 is 4.57 Å². The average molecular weight is 239 g/mol. The molecule has 0 aliphatic heterocycles. The van der Waals surface area contributed by atoms with Crippen molar-refractivity contribution in [3.63, 3.8) is 0 Å². The Balaban J connectivity index is 2.82. The average Bonchev–Trinajstić information content (AvgIpc) is 2.47. The first-order valence-electron chi connectivity index (χ1n) is 4.33. The van der Waals surface area contributed by atoms with Crippen LogP contribution in [0.1, 0.15) is 12.5 Å². The third-order valence-electron chi connectivity index (χ3n) is 2.15. The number of benzene rings is 1. The molecule has 0 unspecified atom stereocenters. The second-order valence-electron chi connectivity index (χ2n) is 3.15. The summed E-state index contributed by atoms with van der Waals surface area (Å²) in [5, 5.41) is 0. The van der Waals surface area contributed by atoms with Gasteiger partial charge in [0.25, 0.3) is 0 Å². The van der Waals surface area contributed by atoms with Gasteiger partial charge in [0.2, 0.25) is 0 Å². The summed E-state index contributed by atoms with van der Waals surface area (Å²) < 4.78 is 3.26. The Morgan fingerprint density at radius 2 is 2.23 bits per heavy atom. The SMILES string of the molecule is CCn1cnc2cc(C)cc(Br)c21. The minimum atomic E-state index is 0.957. The van der Waals surface area contributed by atoms with Gasteiger partial charge in [0.05, 0.1) is 17.4 Å². The number of aryl methyl sites for hydroxylation is 2. The largest absolute Gasteiger partial charge is 0.330 e. The van der Waals surface area contributed by atoms with E-state index in [0.29, 0.717) is 0 Å². The molecule has 0 radical (unpaired) electrons. The molecular formula is C10H11BrN2. The summed E-state index contributed by atoms with van der Waals surface area (Å²) >= 11 is 3.56. The van der Waals surface area contributed by atoms with Crippen LogP contribution >= 0.6 is 15.9 Å². The zero-order chi connectivity index (χ0) is 9.42. The summed E-state index contributed by atoms with van der Waals surface area (Å²) in [6.07, 6.45) is 1.88. The van der Waals surface area contributed by atoms with E-state index in [1.807, 2.05) is 6.33 Å². The standard InChI is InChI=1S/C10H11BrN2/c1-3-13-6-12-9-5-7(2)4-8(11)10(9)13/h4-6H,3H2,1-2H3. The van der Waals surface area contributed by atoms with Crippen LogP contribution < -0.4 is 0 Å². The van der Waals surface area contributed by atoms with Crippen molar-refractivity contribution in [2.75, 3.05) is 0 Å². The number of hydrogen-bond acceptors (Lipinski definition) is 1. The zero-order valence-corrected chi connectivity index (χ0v) is 9.30. The van der Waals surface area contributed by atoms with Crippen molar-refractivity contribution in [1.82, 2.24) is 9.55 Å². The number of rotatable bonds is 1. The van der Waals surface area contributed by atoms with Gasteiger partial charge in [0, 0.05) is 11.0 Å². The van der Waals surface area contributed by atoms with Gasteiger partial charge in [-0.25, -0.2) is 4.98 Å². The topological polar surface area (TPSA) is 17.8 Å². The second kappa shape index (κ2) is 3.14. The Morgan fingerprint density at radius 3 is 2.92 bits per heavy atom. The molecule has 0 aliphatic carbocycles. The molecule has 2 nitrogen and oxygen atoms in total. The normalized spacial score (nSPS) is 11.0. The molecule has 1 aromatic carbocycles. The maximum absolute atomic E-state index is 4.34. The van der Waals surface area contributed by atoms with Crippen LogP contribution in [0.3, 0.4) is 0 Å². The van der Waals surface area contributed by atoms with Crippen LogP contribution in [0.5, 0.6) is 0 Å². The highest BCUT2D eigenvalue weighted by molar-refractivity contribution is 9.10. The van der Waals surface area contributed by atoms with E-state index in [-0.39, 0.29) is 0 Å². The monoisotopic (exact) mass is 238 g/mol. The highest BCUT2D eigenvalue weighted by atomic mass is 79.9. The fraction of sp³-hybridized carbons (Fsp3) is 0.300. The number of imidazole rings is 1. The van der Waals surface area contributed by atoms with Gasteiger partial charge in [-0.1, -0.05) is 0 Å². The number of halogens is 1. The lowest BCUT2D eigenvalue weighted by atomic mass is 10.2. The lowest BCUT2D eigenvalue weighted by Crippen LogP contribution is -1.91. The van der Waals surface area contributed by atoms with Gasteiger partial charge >= 0.3 is 0 Å². The molecule has 0 spiro atoms. The van der Waals surface area contributed by atoms with Crippen LogP contribution in [0, 0.1) is 6.92 Å². The zero-order valence-electron chi connectivity index (χ0n) is 7.71. The number of nitrogens with zero attached hydrogens (tertiary/aromatic N) is 2. The molecule has 0 amide bonds. The molecular weight excluding hydrogens is 228 g/mol. The molecule has 0 N–H and O–H groups in total. The van der Waals surface area contributed by atoms with Crippen molar-refractivity contribution >= 4 is 27.0 Å². The van der Waals surface area contributed by atoms with Crippen LogP contribution in [-0.4, -0.2) is 9.55 Å². The van der Waals surface area contributed by atoms with Crippen molar-refractivity contribution < 1.29 is 0 Å². The first kappa shape index (κ1) is 8.75. The minimum absolute atomic E-state index is 0.957. The maximum atomic E-state index is 4.34. The molecule has 2 aromatic rings. The Labute approximate surface area is 85.7 Å².